The molecular weight excluding hydrogens is 947 g/mol. The van der Waals surface area contributed by atoms with Gasteiger partial charge >= 0.3 is 0 Å². The largest absolute Gasteiger partial charge is 0.494 e. The summed E-state index contributed by atoms with van der Waals surface area (Å²) in [6.07, 6.45) is 19.4. The van der Waals surface area contributed by atoms with Gasteiger partial charge in [-0.05, 0) is 118 Å². The third-order valence-corrected chi connectivity index (χ3v) is 15.3. The van der Waals surface area contributed by atoms with Gasteiger partial charge in [0.15, 0.2) is 11.6 Å². The van der Waals surface area contributed by atoms with Gasteiger partial charge in [0, 0.05) is 20.9 Å². The fourth-order valence-electron chi connectivity index (χ4n) is 7.85. The molecule has 332 valence electrons. The van der Waals surface area contributed by atoms with Crippen LogP contribution in [0.3, 0.4) is 0 Å². The Hall–Kier alpha value is -3.18. The smallest absolute Gasteiger partial charge is 0.170 e. The Labute approximate surface area is 393 Å². The van der Waals surface area contributed by atoms with Gasteiger partial charge in [-0.15, -0.1) is 22.7 Å². The molecule has 0 fully saturated rings. The Kier molecular flexibility index (Phi) is 19.3. The van der Waals surface area contributed by atoms with Crippen LogP contribution < -0.4 is 9.47 Å². The molecule has 10 heteroatoms. The highest BCUT2D eigenvalue weighted by atomic mass is 79.9. The number of aryl methyl sites for hydroxylation is 2. The topological polar surface area (TPSA) is 44.2 Å². The maximum Gasteiger partial charge on any atom is 0.170 e. The zero-order chi connectivity index (χ0) is 43.8. The van der Waals surface area contributed by atoms with Gasteiger partial charge in [0.25, 0.3) is 0 Å². The third-order valence-electron chi connectivity index (χ3n) is 11.4. The number of halogens is 4. The van der Waals surface area contributed by atoms with Crippen molar-refractivity contribution in [3.05, 3.63) is 91.0 Å². The van der Waals surface area contributed by atoms with Crippen molar-refractivity contribution in [3.8, 4) is 54.9 Å². The number of unbranched alkanes of at least 4 members (excludes halogenated alkanes) is 12. The molecule has 0 radical (unpaired) electrons. The molecule has 3 aromatic carbocycles. The van der Waals surface area contributed by atoms with Crippen LogP contribution in [0.2, 0.25) is 0 Å². The summed E-state index contributed by atoms with van der Waals surface area (Å²) in [5.74, 6) is -0.370. The molecule has 0 aliphatic carbocycles. The van der Waals surface area contributed by atoms with Crippen LogP contribution in [-0.4, -0.2) is 23.2 Å². The molecule has 62 heavy (non-hydrogen) atoms. The van der Waals surface area contributed by atoms with E-state index in [-0.39, 0.29) is 11.1 Å². The van der Waals surface area contributed by atoms with Gasteiger partial charge < -0.3 is 9.47 Å². The van der Waals surface area contributed by atoms with Crippen molar-refractivity contribution in [2.24, 2.45) is 0 Å². The Morgan fingerprint density at radius 3 is 1.27 bits per heavy atom. The van der Waals surface area contributed by atoms with E-state index in [0.717, 1.165) is 131 Å². The number of nitrogens with zero attached hydrogens (tertiary/aromatic N) is 2. The molecule has 6 aromatic rings. The molecule has 0 aliphatic rings. The van der Waals surface area contributed by atoms with Crippen LogP contribution in [0.1, 0.15) is 142 Å². The van der Waals surface area contributed by atoms with Gasteiger partial charge in [-0.2, -0.15) is 0 Å². The molecule has 0 amide bonds. The van der Waals surface area contributed by atoms with Gasteiger partial charge in [-0.3, -0.25) is 0 Å². The second-order valence-corrected chi connectivity index (χ2v) is 21.1. The molecule has 0 aliphatic heterocycles. The van der Waals surface area contributed by atoms with Crippen LogP contribution in [0.5, 0.6) is 11.5 Å². The quantitative estimate of drug-likeness (QED) is 0.0508. The minimum absolute atomic E-state index is 0.134. The van der Waals surface area contributed by atoms with Crippen molar-refractivity contribution >= 4 is 65.6 Å². The van der Waals surface area contributed by atoms with Crippen LogP contribution in [0, 0.1) is 11.6 Å². The molecule has 0 atom stereocenters. The molecule has 3 aromatic heterocycles. The standard InChI is InChI=1S/C52H62Br2F2N2O2S2/c1-5-9-13-17-23-37-33-41(61-51(37)53)43-45(55)46(56)44(42-34-38(52(54)62-42)24-18-14-10-6-2)50-49(43)57-47(35-25-21-27-39(31-35)59-29-19-15-11-7-3)48(58-50)36-26-22-28-40(32-36)60-30-20-16-12-8-4/h21-22,25-28,31-34H,5-20,23-24,29-30H2,1-4H3. The number of aromatic nitrogens is 2. The SMILES string of the molecule is CCCCCCOc1cccc(-c2nc3c(-c4cc(CCCCCC)c(Br)s4)c(F)c(F)c(-c4cc(CCCCCC)c(Br)s4)c3nc2-c2cccc(OCCCCCC)c2)c1. The zero-order valence-electron chi connectivity index (χ0n) is 37.0. The second kappa shape index (κ2) is 24.8. The Balaban J connectivity index is 1.57. The van der Waals surface area contributed by atoms with Crippen LogP contribution in [0.25, 0.3) is 54.4 Å². The summed E-state index contributed by atoms with van der Waals surface area (Å²) in [7, 11) is 0. The summed E-state index contributed by atoms with van der Waals surface area (Å²) in [6.45, 7) is 10.0. The van der Waals surface area contributed by atoms with E-state index < -0.39 is 11.6 Å². The van der Waals surface area contributed by atoms with Gasteiger partial charge in [0.05, 0.1) is 43.3 Å². The van der Waals surface area contributed by atoms with Crippen molar-refractivity contribution < 1.29 is 18.3 Å². The minimum atomic E-state index is -0.913. The number of rotatable bonds is 26. The molecule has 6 rings (SSSR count). The molecule has 0 bridgehead atoms. The first kappa shape index (κ1) is 48.3. The van der Waals surface area contributed by atoms with Crippen LogP contribution in [0.15, 0.2) is 68.2 Å². The first-order valence-corrected chi connectivity index (χ1v) is 26.3. The predicted octanol–water partition coefficient (Wildman–Crippen LogP) is 18.4. The summed E-state index contributed by atoms with van der Waals surface area (Å²) >= 11 is 10.4. The molecule has 0 saturated carbocycles. The lowest BCUT2D eigenvalue weighted by Gasteiger charge is -2.17. The van der Waals surface area contributed by atoms with E-state index in [1.165, 1.54) is 48.4 Å². The molecule has 0 N–H and O–H groups in total. The van der Waals surface area contributed by atoms with E-state index in [1.807, 2.05) is 60.7 Å². The lowest BCUT2D eigenvalue weighted by Crippen LogP contribution is -2.03. The third kappa shape index (κ3) is 12.5. The first-order valence-electron chi connectivity index (χ1n) is 23.0. The monoisotopic (exact) mass is 1010 g/mol. The van der Waals surface area contributed by atoms with E-state index in [1.54, 1.807) is 0 Å². The van der Waals surface area contributed by atoms with Crippen molar-refractivity contribution in [2.75, 3.05) is 13.2 Å². The van der Waals surface area contributed by atoms with E-state index >= 15 is 8.78 Å². The lowest BCUT2D eigenvalue weighted by atomic mass is 9.98. The van der Waals surface area contributed by atoms with Gasteiger partial charge in [0.1, 0.15) is 22.5 Å². The highest BCUT2D eigenvalue weighted by Gasteiger charge is 2.29. The fraction of sp³-hybridized carbons (Fsp3) is 0.462. The average Bonchev–Trinajstić information content (AvgIpc) is 3.83. The van der Waals surface area contributed by atoms with E-state index in [0.29, 0.717) is 45.4 Å². The number of thiophene rings is 2. The van der Waals surface area contributed by atoms with E-state index in [4.69, 9.17) is 19.4 Å². The highest BCUT2D eigenvalue weighted by Crippen LogP contribution is 2.48. The molecule has 4 nitrogen and oxygen atoms in total. The Morgan fingerprint density at radius 2 is 0.887 bits per heavy atom. The van der Waals surface area contributed by atoms with Crippen LogP contribution in [-0.2, 0) is 12.8 Å². The second-order valence-electron chi connectivity index (χ2n) is 16.3. The van der Waals surface area contributed by atoms with Crippen molar-refractivity contribution in [3.63, 3.8) is 0 Å². The summed E-state index contributed by atoms with van der Waals surface area (Å²) in [4.78, 5) is 12.1. The van der Waals surface area contributed by atoms with Crippen LogP contribution in [0.4, 0.5) is 8.78 Å². The lowest BCUT2D eigenvalue weighted by molar-refractivity contribution is 0.305. The summed E-state index contributed by atoms with van der Waals surface area (Å²) < 4.78 is 48.9. The van der Waals surface area contributed by atoms with E-state index in [9.17, 15) is 0 Å². The fourth-order valence-corrected chi connectivity index (χ4v) is 11.5. The number of hydrogen-bond acceptors (Lipinski definition) is 6. The number of ether oxygens (including phenoxy) is 2. The Bertz CT molecular complexity index is 2200. The highest BCUT2D eigenvalue weighted by molar-refractivity contribution is 9.11. The normalized spacial score (nSPS) is 11.5. The number of benzene rings is 3. The maximum absolute atomic E-state index is 17.3. The summed E-state index contributed by atoms with van der Waals surface area (Å²) in [5, 5.41) is 0. The van der Waals surface area contributed by atoms with Crippen molar-refractivity contribution in [1.82, 2.24) is 9.97 Å². The molecule has 3 heterocycles. The maximum atomic E-state index is 17.3. The first-order chi connectivity index (χ1) is 30.3. The zero-order valence-corrected chi connectivity index (χ0v) is 41.8. The molecule has 0 unspecified atom stereocenters. The predicted molar refractivity (Wildman–Crippen MR) is 267 cm³/mol. The molecule has 0 spiro atoms. The van der Waals surface area contributed by atoms with Gasteiger partial charge in [-0.25, -0.2) is 18.7 Å². The molecular formula is C52H62Br2F2N2O2S2. The van der Waals surface area contributed by atoms with Crippen molar-refractivity contribution in [2.45, 2.75) is 143 Å². The average molecular weight is 1010 g/mol. The summed E-state index contributed by atoms with van der Waals surface area (Å²) in [6, 6.07) is 19.8. The van der Waals surface area contributed by atoms with Crippen LogP contribution >= 0.6 is 54.5 Å². The number of hydrogen-bond donors (Lipinski definition) is 0. The van der Waals surface area contributed by atoms with Crippen molar-refractivity contribution in [1.29, 1.82) is 0 Å². The Morgan fingerprint density at radius 1 is 0.500 bits per heavy atom. The number of fused-ring (bicyclic) bond motifs is 1. The van der Waals surface area contributed by atoms with Gasteiger partial charge in [0.2, 0.25) is 0 Å². The molecule has 0 saturated heterocycles. The van der Waals surface area contributed by atoms with E-state index in [2.05, 4.69) is 59.6 Å². The minimum Gasteiger partial charge on any atom is -0.494 e. The van der Waals surface area contributed by atoms with Gasteiger partial charge in [-0.1, -0.05) is 129 Å². The summed E-state index contributed by atoms with van der Waals surface area (Å²) in [5.41, 5.74) is 5.78.